The number of urea groups is 1. The maximum absolute atomic E-state index is 14.3. The predicted octanol–water partition coefficient (Wildman–Crippen LogP) is 5.68. The van der Waals surface area contributed by atoms with Crippen LogP contribution >= 0.6 is 0 Å². The number of quaternary nitrogens is 1. The maximum Gasteiger partial charge on any atom is 0.433 e. The van der Waals surface area contributed by atoms with E-state index >= 15 is 0 Å². The van der Waals surface area contributed by atoms with Crippen LogP contribution in [0.3, 0.4) is 0 Å². The third-order valence-corrected chi connectivity index (χ3v) is 6.03. The summed E-state index contributed by atoms with van der Waals surface area (Å²) in [6.07, 6.45) is 2.51. The minimum absolute atomic E-state index is 0.0535. The lowest BCUT2D eigenvalue weighted by Crippen LogP contribution is -2.58. The van der Waals surface area contributed by atoms with E-state index in [-0.39, 0.29) is 10.5 Å². The quantitative estimate of drug-likeness (QED) is 0.497. The molecule has 3 aromatic rings. The van der Waals surface area contributed by atoms with Crippen LogP contribution in [0.4, 0.5) is 21.9 Å². The summed E-state index contributed by atoms with van der Waals surface area (Å²) in [6.45, 7) is 3.90. The topological polar surface area (TPSA) is 23.6 Å². The number of benzene rings is 3. The molecule has 3 aromatic carbocycles. The molecule has 4 nitrogen and oxygen atoms in total. The van der Waals surface area contributed by atoms with E-state index in [2.05, 4.69) is 17.0 Å². The van der Waals surface area contributed by atoms with Crippen molar-refractivity contribution in [3.8, 4) is 0 Å². The number of rotatable bonds is 6. The lowest BCUT2D eigenvalue weighted by Gasteiger charge is -2.36. The lowest BCUT2D eigenvalue weighted by atomic mass is 10.2. The average molecular weight is 401 g/mol. The van der Waals surface area contributed by atoms with E-state index in [1.54, 1.807) is 0 Å². The molecule has 0 unspecified atom stereocenters. The maximum atomic E-state index is 14.3. The number of hydrogen-bond donors (Lipinski definition) is 0. The zero-order chi connectivity index (χ0) is 20.8. The van der Waals surface area contributed by atoms with Gasteiger partial charge in [-0.2, -0.15) is 0 Å². The van der Waals surface area contributed by atoms with Crippen LogP contribution in [0.2, 0.25) is 0 Å². The first-order valence-electron chi connectivity index (χ1n) is 10.8. The van der Waals surface area contributed by atoms with E-state index in [0.29, 0.717) is 0 Å². The van der Waals surface area contributed by atoms with Gasteiger partial charge in [0.15, 0.2) is 0 Å². The highest BCUT2D eigenvalue weighted by molar-refractivity contribution is 6.05. The molecule has 2 amide bonds. The number of nitrogens with zero attached hydrogens (tertiary/aromatic N) is 3. The standard InChI is InChI=1S/C26H30N3O/c1-29(25-17-9-4-10-18-25,22-21-27-19-11-12-20-27)26(30)28(23-13-5-2-6-14-23)24-15-7-3-8-16-24/h2-10,13-18H,11-12,19-22H2,1H3/q+1/t29-/m0/s1. The normalized spacial score (nSPS) is 16.2. The van der Waals surface area contributed by atoms with Crippen LogP contribution in [0.15, 0.2) is 91.0 Å². The van der Waals surface area contributed by atoms with Crippen molar-refractivity contribution >= 4 is 23.1 Å². The Morgan fingerprint density at radius 2 is 1.27 bits per heavy atom. The molecule has 0 aromatic heterocycles. The van der Waals surface area contributed by atoms with Gasteiger partial charge in [0.05, 0.1) is 18.4 Å². The summed E-state index contributed by atoms with van der Waals surface area (Å²) in [5.41, 5.74) is 2.78. The summed E-state index contributed by atoms with van der Waals surface area (Å²) >= 11 is 0. The second-order valence-corrected chi connectivity index (χ2v) is 8.09. The van der Waals surface area contributed by atoms with Gasteiger partial charge in [0.25, 0.3) is 0 Å². The molecule has 1 aliphatic rings. The Bertz CT molecular complexity index is 900. The van der Waals surface area contributed by atoms with Gasteiger partial charge >= 0.3 is 6.03 Å². The second kappa shape index (κ2) is 9.24. The Labute approximate surface area is 179 Å². The molecule has 1 heterocycles. The van der Waals surface area contributed by atoms with Gasteiger partial charge < -0.3 is 0 Å². The van der Waals surface area contributed by atoms with E-state index in [0.717, 1.165) is 43.2 Å². The Balaban J connectivity index is 1.74. The smallest absolute Gasteiger partial charge is 0.298 e. The van der Waals surface area contributed by atoms with Crippen molar-refractivity contribution in [2.75, 3.05) is 38.1 Å². The monoisotopic (exact) mass is 400 g/mol. The Morgan fingerprint density at radius 3 is 1.77 bits per heavy atom. The highest BCUT2D eigenvalue weighted by Crippen LogP contribution is 2.31. The first-order chi connectivity index (χ1) is 14.7. The van der Waals surface area contributed by atoms with Gasteiger partial charge in [-0.05, 0) is 62.3 Å². The summed E-state index contributed by atoms with van der Waals surface area (Å²) in [6, 6.07) is 30.1. The van der Waals surface area contributed by atoms with Crippen molar-refractivity contribution in [1.29, 1.82) is 0 Å². The van der Waals surface area contributed by atoms with Gasteiger partial charge in [0, 0.05) is 6.54 Å². The van der Waals surface area contributed by atoms with Gasteiger partial charge in [-0.15, -0.1) is 0 Å². The van der Waals surface area contributed by atoms with Crippen LogP contribution in [0.25, 0.3) is 0 Å². The summed E-state index contributed by atoms with van der Waals surface area (Å²) in [5, 5.41) is 0. The van der Waals surface area contributed by atoms with Crippen LogP contribution in [-0.2, 0) is 0 Å². The average Bonchev–Trinajstić information content (AvgIpc) is 3.33. The van der Waals surface area contributed by atoms with E-state index in [9.17, 15) is 4.79 Å². The fourth-order valence-corrected chi connectivity index (χ4v) is 4.18. The van der Waals surface area contributed by atoms with Crippen molar-refractivity contribution in [3.05, 3.63) is 91.0 Å². The number of carbonyl (C=O) groups excluding carboxylic acids is 1. The van der Waals surface area contributed by atoms with Crippen molar-refractivity contribution in [1.82, 2.24) is 9.38 Å². The van der Waals surface area contributed by atoms with Crippen molar-refractivity contribution in [2.45, 2.75) is 12.8 Å². The molecular formula is C26H30N3O+. The van der Waals surface area contributed by atoms with Gasteiger partial charge in [-0.3, -0.25) is 4.90 Å². The largest absolute Gasteiger partial charge is 0.433 e. The summed E-state index contributed by atoms with van der Waals surface area (Å²) in [4.78, 5) is 18.6. The number of hydrogen-bond acceptors (Lipinski definition) is 2. The van der Waals surface area contributed by atoms with Crippen molar-refractivity contribution in [2.24, 2.45) is 0 Å². The third kappa shape index (κ3) is 4.30. The molecule has 1 fully saturated rings. The highest BCUT2D eigenvalue weighted by Gasteiger charge is 2.40. The lowest BCUT2D eigenvalue weighted by molar-refractivity contribution is 0.209. The van der Waals surface area contributed by atoms with Gasteiger partial charge in [0.2, 0.25) is 0 Å². The number of amides is 2. The molecule has 30 heavy (non-hydrogen) atoms. The Kier molecular flexibility index (Phi) is 6.26. The van der Waals surface area contributed by atoms with Gasteiger partial charge in [-0.25, -0.2) is 14.2 Å². The number of carbonyl (C=O) groups is 1. The molecule has 0 spiro atoms. The summed E-state index contributed by atoms with van der Waals surface area (Å²) < 4.78 is 0.223. The third-order valence-electron chi connectivity index (χ3n) is 6.03. The Morgan fingerprint density at radius 1 is 0.800 bits per heavy atom. The second-order valence-electron chi connectivity index (χ2n) is 8.09. The minimum Gasteiger partial charge on any atom is -0.298 e. The van der Waals surface area contributed by atoms with E-state index < -0.39 is 0 Å². The summed E-state index contributed by atoms with van der Waals surface area (Å²) in [7, 11) is 2.05. The minimum atomic E-state index is 0.0535. The SMILES string of the molecule is C[N@@+](CCN1CCCC1)(C(=O)N(c1ccccc1)c1ccccc1)c1ccccc1. The van der Waals surface area contributed by atoms with E-state index in [1.165, 1.54) is 12.8 Å². The first-order valence-corrected chi connectivity index (χ1v) is 10.8. The molecule has 0 N–H and O–H groups in total. The predicted molar refractivity (Wildman–Crippen MR) is 125 cm³/mol. The molecule has 1 atom stereocenters. The molecule has 1 saturated heterocycles. The fourth-order valence-electron chi connectivity index (χ4n) is 4.18. The van der Waals surface area contributed by atoms with Crippen LogP contribution in [0, 0.1) is 0 Å². The molecule has 154 valence electrons. The zero-order valence-corrected chi connectivity index (χ0v) is 17.7. The van der Waals surface area contributed by atoms with Crippen molar-refractivity contribution in [3.63, 3.8) is 0 Å². The number of para-hydroxylation sites is 3. The van der Waals surface area contributed by atoms with Crippen LogP contribution < -0.4 is 9.38 Å². The molecule has 0 aliphatic carbocycles. The van der Waals surface area contributed by atoms with Crippen molar-refractivity contribution < 1.29 is 4.79 Å². The fraction of sp³-hybridized carbons (Fsp3) is 0.269. The Hall–Kier alpha value is -2.95. The van der Waals surface area contributed by atoms with Gasteiger partial charge in [-0.1, -0.05) is 54.6 Å². The molecule has 4 rings (SSSR count). The number of anilines is 2. The first kappa shape index (κ1) is 20.3. The molecular weight excluding hydrogens is 370 g/mol. The van der Waals surface area contributed by atoms with Gasteiger partial charge in [0.1, 0.15) is 12.2 Å². The number of likely N-dealkylation sites (N-methyl/N-ethyl adjacent to an activating group) is 1. The molecule has 0 radical (unpaired) electrons. The van der Waals surface area contributed by atoms with E-state index in [4.69, 9.17) is 0 Å². The van der Waals surface area contributed by atoms with Crippen LogP contribution in [-0.4, -0.2) is 44.2 Å². The van der Waals surface area contributed by atoms with Crippen LogP contribution in [0.5, 0.6) is 0 Å². The molecule has 0 bridgehead atoms. The molecule has 0 saturated carbocycles. The van der Waals surface area contributed by atoms with E-state index in [1.807, 2.05) is 90.8 Å². The zero-order valence-electron chi connectivity index (χ0n) is 17.7. The number of likely N-dealkylation sites (tertiary alicyclic amines) is 1. The highest BCUT2D eigenvalue weighted by atomic mass is 16.2. The van der Waals surface area contributed by atoms with Crippen LogP contribution in [0.1, 0.15) is 12.8 Å². The molecule has 1 aliphatic heterocycles. The summed E-state index contributed by atoms with van der Waals surface area (Å²) in [5.74, 6) is 0. The molecule has 4 heteroatoms.